The lowest BCUT2D eigenvalue weighted by atomic mass is 10.2. The van der Waals surface area contributed by atoms with Gasteiger partial charge in [-0.25, -0.2) is 9.37 Å². The molecule has 0 bridgehead atoms. The number of anilines is 3. The molecule has 3 heterocycles. The molecule has 2 N–H and O–H groups in total. The Hall–Kier alpha value is -5.03. The molecule has 10 nitrogen and oxygen atoms in total. The van der Waals surface area contributed by atoms with Gasteiger partial charge in [0.15, 0.2) is 23.0 Å². The fourth-order valence-electron chi connectivity index (χ4n) is 3.65. The number of fused-ring (bicyclic) bond motifs is 1. The average Bonchev–Trinajstić information content (AvgIpc) is 3.30. The molecule has 2 aromatic carbocycles. The van der Waals surface area contributed by atoms with Crippen LogP contribution in [0.25, 0.3) is 16.7 Å². The molecule has 0 aliphatic carbocycles. The molecule has 5 aromatic rings. The number of pyridine rings is 1. The van der Waals surface area contributed by atoms with Gasteiger partial charge in [0.2, 0.25) is 11.9 Å². The summed E-state index contributed by atoms with van der Waals surface area (Å²) in [7, 11) is 1.77. The highest BCUT2D eigenvalue weighted by Crippen LogP contribution is 2.28. The number of halogens is 2. The number of benzene rings is 2. The minimum Gasteiger partial charge on any atom is -0.448 e. The Bertz CT molecular complexity index is 1770. The molecular formula is C26H19ClFN7O3. The monoisotopic (exact) mass is 531 g/mol. The van der Waals surface area contributed by atoms with Crippen molar-refractivity contribution in [2.45, 2.75) is 0 Å². The number of aromatic nitrogens is 5. The summed E-state index contributed by atoms with van der Waals surface area (Å²) in [4.78, 5) is 34.4. The third-order valence-electron chi connectivity index (χ3n) is 5.34. The predicted octanol–water partition coefficient (Wildman–Crippen LogP) is 4.97. The van der Waals surface area contributed by atoms with Crippen molar-refractivity contribution in [3.63, 3.8) is 0 Å². The maximum atomic E-state index is 14.5. The van der Waals surface area contributed by atoms with E-state index in [1.807, 2.05) is 0 Å². The fourth-order valence-corrected chi connectivity index (χ4v) is 3.81. The second kappa shape index (κ2) is 10.1. The van der Waals surface area contributed by atoms with Crippen LogP contribution >= 0.6 is 11.6 Å². The lowest BCUT2D eigenvalue weighted by Crippen LogP contribution is -2.21. The summed E-state index contributed by atoms with van der Waals surface area (Å²) in [6, 6.07) is 11.9. The molecule has 38 heavy (non-hydrogen) atoms. The van der Waals surface area contributed by atoms with Gasteiger partial charge in [0.05, 0.1) is 17.6 Å². The van der Waals surface area contributed by atoms with Crippen LogP contribution < -0.4 is 20.9 Å². The molecule has 0 saturated carbocycles. The number of hydrogen-bond donors (Lipinski definition) is 2. The Labute approximate surface area is 220 Å². The molecule has 0 aliphatic rings. The molecule has 5 rings (SSSR count). The van der Waals surface area contributed by atoms with Gasteiger partial charge in [0, 0.05) is 35.5 Å². The number of carbonyl (C=O) groups is 1. The van der Waals surface area contributed by atoms with Gasteiger partial charge in [-0.1, -0.05) is 24.2 Å². The van der Waals surface area contributed by atoms with E-state index in [-0.39, 0.29) is 28.1 Å². The Balaban J connectivity index is 1.67. The van der Waals surface area contributed by atoms with Gasteiger partial charge >= 0.3 is 0 Å². The summed E-state index contributed by atoms with van der Waals surface area (Å²) in [6.45, 7) is 3.45. The van der Waals surface area contributed by atoms with E-state index in [0.29, 0.717) is 22.4 Å². The molecule has 0 spiro atoms. The number of ether oxygens (including phenoxy) is 1. The van der Waals surface area contributed by atoms with Crippen LogP contribution in [-0.2, 0) is 11.8 Å². The van der Waals surface area contributed by atoms with E-state index in [4.69, 9.17) is 16.3 Å². The largest absolute Gasteiger partial charge is 0.448 e. The molecule has 3 aromatic heterocycles. The van der Waals surface area contributed by atoms with Crippen LogP contribution in [0.2, 0.25) is 5.02 Å². The van der Waals surface area contributed by atoms with Crippen LogP contribution in [0.1, 0.15) is 0 Å². The van der Waals surface area contributed by atoms with Gasteiger partial charge in [-0.15, -0.1) is 0 Å². The zero-order valence-electron chi connectivity index (χ0n) is 19.9. The molecule has 190 valence electrons. The minimum atomic E-state index is -0.732. The number of amides is 1. The van der Waals surface area contributed by atoms with Crippen LogP contribution in [-0.4, -0.2) is 30.2 Å². The number of rotatable bonds is 7. The van der Waals surface area contributed by atoms with Crippen molar-refractivity contribution in [2.75, 3.05) is 10.6 Å². The molecular weight excluding hydrogens is 513 g/mol. The Morgan fingerprint density at radius 1 is 1.13 bits per heavy atom. The SMILES string of the molecule is C=CC(=O)Nc1cccc(-n2c(=O)c(Oc3ccc(Cl)cc3F)cc3cnc(Nc4cnn(C)c4)nc32)c1. The highest BCUT2D eigenvalue weighted by atomic mass is 35.5. The Morgan fingerprint density at radius 2 is 1.97 bits per heavy atom. The third kappa shape index (κ3) is 5.08. The lowest BCUT2D eigenvalue weighted by molar-refractivity contribution is -0.111. The quantitative estimate of drug-likeness (QED) is 0.285. The van der Waals surface area contributed by atoms with Gasteiger partial charge in [-0.3, -0.25) is 18.8 Å². The number of carbonyl (C=O) groups excluding carboxylic acids is 1. The first-order chi connectivity index (χ1) is 18.3. The van der Waals surface area contributed by atoms with E-state index in [1.54, 1.807) is 48.4 Å². The van der Waals surface area contributed by atoms with Crippen molar-refractivity contribution < 1.29 is 13.9 Å². The van der Waals surface area contributed by atoms with E-state index >= 15 is 0 Å². The molecule has 0 atom stereocenters. The summed E-state index contributed by atoms with van der Waals surface area (Å²) in [5.74, 6) is -1.28. The maximum absolute atomic E-state index is 14.5. The van der Waals surface area contributed by atoms with Gasteiger partial charge < -0.3 is 15.4 Å². The summed E-state index contributed by atoms with van der Waals surface area (Å²) in [5.41, 5.74) is 1.06. The number of nitrogens with one attached hydrogen (secondary N) is 2. The van der Waals surface area contributed by atoms with Crippen molar-refractivity contribution in [3.8, 4) is 17.2 Å². The summed E-state index contributed by atoms with van der Waals surface area (Å²) in [5, 5.41) is 10.4. The summed E-state index contributed by atoms with van der Waals surface area (Å²) < 4.78 is 23.0. The van der Waals surface area contributed by atoms with E-state index in [1.165, 1.54) is 29.0 Å². The van der Waals surface area contributed by atoms with Crippen LogP contribution in [0.15, 0.2) is 84.6 Å². The van der Waals surface area contributed by atoms with Crippen LogP contribution in [0.4, 0.5) is 21.7 Å². The molecule has 0 radical (unpaired) electrons. The first-order valence-corrected chi connectivity index (χ1v) is 11.5. The first-order valence-electron chi connectivity index (χ1n) is 11.2. The topological polar surface area (TPSA) is 116 Å². The first kappa shape index (κ1) is 24.7. The number of nitrogens with zero attached hydrogens (tertiary/aromatic N) is 5. The van der Waals surface area contributed by atoms with E-state index in [2.05, 4.69) is 32.3 Å². The maximum Gasteiger partial charge on any atom is 0.299 e. The third-order valence-corrected chi connectivity index (χ3v) is 5.58. The average molecular weight is 532 g/mol. The van der Waals surface area contributed by atoms with Gasteiger partial charge in [-0.05, 0) is 48.5 Å². The van der Waals surface area contributed by atoms with E-state index in [0.717, 1.165) is 12.1 Å². The van der Waals surface area contributed by atoms with Gasteiger partial charge in [0.1, 0.15) is 0 Å². The zero-order valence-corrected chi connectivity index (χ0v) is 20.6. The van der Waals surface area contributed by atoms with Crippen LogP contribution in [0.3, 0.4) is 0 Å². The lowest BCUT2D eigenvalue weighted by Gasteiger charge is -2.15. The van der Waals surface area contributed by atoms with Crippen molar-refractivity contribution in [3.05, 3.63) is 101 Å². The van der Waals surface area contributed by atoms with Gasteiger partial charge in [-0.2, -0.15) is 10.1 Å². The highest BCUT2D eigenvalue weighted by molar-refractivity contribution is 6.30. The minimum absolute atomic E-state index is 0.171. The van der Waals surface area contributed by atoms with Crippen LogP contribution in [0.5, 0.6) is 11.5 Å². The van der Waals surface area contributed by atoms with Crippen molar-refractivity contribution in [1.82, 2.24) is 24.3 Å². The summed E-state index contributed by atoms with van der Waals surface area (Å²) in [6.07, 6.45) is 5.98. The Morgan fingerprint density at radius 3 is 2.71 bits per heavy atom. The standard InChI is InChI=1S/C26H19ClFN7O3/c1-3-23(36)31-17-5-4-6-19(11-17)35-24-15(12-29-26(33-24)32-18-13-30-34(2)14-18)9-22(25(35)37)38-21-8-7-16(27)10-20(21)28/h3-14H,1H2,2H3,(H,31,36)(H,29,32,33). The second-order valence-corrected chi connectivity index (χ2v) is 8.51. The van der Waals surface area contributed by atoms with E-state index < -0.39 is 17.3 Å². The van der Waals surface area contributed by atoms with Crippen LogP contribution in [0, 0.1) is 5.82 Å². The fraction of sp³-hybridized carbons (Fsp3) is 0.0385. The highest BCUT2D eigenvalue weighted by Gasteiger charge is 2.17. The molecule has 0 fully saturated rings. The molecule has 12 heteroatoms. The normalized spacial score (nSPS) is 10.8. The molecule has 0 saturated heterocycles. The molecule has 1 amide bonds. The summed E-state index contributed by atoms with van der Waals surface area (Å²) >= 11 is 5.84. The zero-order chi connectivity index (χ0) is 26.8. The number of aryl methyl sites for hydroxylation is 1. The second-order valence-electron chi connectivity index (χ2n) is 8.07. The predicted molar refractivity (Wildman–Crippen MR) is 142 cm³/mol. The molecule has 0 aliphatic heterocycles. The van der Waals surface area contributed by atoms with E-state index in [9.17, 15) is 14.0 Å². The van der Waals surface area contributed by atoms with Crippen molar-refractivity contribution in [2.24, 2.45) is 7.05 Å². The molecule has 0 unspecified atom stereocenters. The number of hydrogen-bond acceptors (Lipinski definition) is 7. The van der Waals surface area contributed by atoms with Crippen molar-refractivity contribution >= 4 is 45.9 Å². The smallest absolute Gasteiger partial charge is 0.299 e. The Kier molecular flexibility index (Phi) is 6.58. The van der Waals surface area contributed by atoms with Gasteiger partial charge in [0.25, 0.3) is 5.56 Å². The van der Waals surface area contributed by atoms with Crippen molar-refractivity contribution in [1.29, 1.82) is 0 Å².